The van der Waals surface area contributed by atoms with Crippen molar-refractivity contribution in [3.63, 3.8) is 0 Å². The van der Waals surface area contributed by atoms with Crippen molar-refractivity contribution in [2.45, 2.75) is 38.3 Å². The van der Waals surface area contributed by atoms with Crippen molar-refractivity contribution in [1.82, 2.24) is 0 Å². The van der Waals surface area contributed by atoms with Crippen LogP contribution in [0.2, 0.25) is 0 Å². The predicted octanol–water partition coefficient (Wildman–Crippen LogP) is 1.75. The molecule has 0 radical (unpaired) electrons. The molecule has 0 aromatic heterocycles. The van der Waals surface area contributed by atoms with E-state index in [1.807, 2.05) is 13.8 Å². The number of methoxy groups -OCH3 is 1. The molecule has 1 aliphatic rings. The van der Waals surface area contributed by atoms with Crippen LogP contribution >= 0.6 is 0 Å². The summed E-state index contributed by atoms with van der Waals surface area (Å²) in [5.74, 6) is 0. The third kappa shape index (κ3) is 2.76. The topological polar surface area (TPSA) is 34.0 Å². The maximum Gasteiger partial charge on any atom is 0.0951 e. The van der Waals surface area contributed by atoms with E-state index in [0.29, 0.717) is 6.61 Å². The molecular formula is C9H16N2O. The van der Waals surface area contributed by atoms with Crippen LogP contribution in [-0.2, 0) is 4.74 Å². The fourth-order valence-electron chi connectivity index (χ4n) is 0.952. The highest BCUT2D eigenvalue weighted by molar-refractivity contribution is 5.44. The molecule has 1 rings (SSSR count). The molecule has 3 nitrogen and oxygen atoms in total. The molecular weight excluding hydrogens is 152 g/mol. The van der Waals surface area contributed by atoms with E-state index in [4.69, 9.17) is 4.74 Å². The normalized spacial score (nSPS) is 18.7. The van der Waals surface area contributed by atoms with Gasteiger partial charge in [0.2, 0.25) is 0 Å². The van der Waals surface area contributed by atoms with Gasteiger partial charge in [-0.25, -0.2) is 9.98 Å². The van der Waals surface area contributed by atoms with Crippen LogP contribution in [0.4, 0.5) is 0 Å². The van der Waals surface area contributed by atoms with Crippen molar-refractivity contribution in [1.29, 1.82) is 0 Å². The summed E-state index contributed by atoms with van der Waals surface area (Å²) in [6.45, 7) is 4.73. The molecule has 1 saturated carbocycles. The van der Waals surface area contributed by atoms with Gasteiger partial charge in [0, 0.05) is 7.11 Å². The summed E-state index contributed by atoms with van der Waals surface area (Å²) < 4.78 is 5.05. The van der Waals surface area contributed by atoms with Crippen molar-refractivity contribution in [2.75, 3.05) is 13.7 Å². The molecule has 68 valence electrons. The van der Waals surface area contributed by atoms with Crippen LogP contribution in [0.3, 0.4) is 0 Å². The Morgan fingerprint density at radius 2 is 2.17 bits per heavy atom. The largest absolute Gasteiger partial charge is 0.382 e. The van der Waals surface area contributed by atoms with Crippen LogP contribution in [0.1, 0.15) is 26.7 Å². The van der Waals surface area contributed by atoms with Crippen LogP contribution in [0.15, 0.2) is 9.98 Å². The standard InChI is InChI=1S/C9H16N2O/c1-8(2)10-7-11-9(4-5-9)6-12-3/h8H,4-6H2,1-3H3. The Balaban J connectivity index is 2.44. The van der Waals surface area contributed by atoms with Gasteiger partial charge in [-0.15, -0.1) is 0 Å². The highest BCUT2D eigenvalue weighted by Crippen LogP contribution is 2.39. The Bertz CT molecular complexity index is 201. The van der Waals surface area contributed by atoms with Crippen LogP contribution < -0.4 is 0 Å². The molecule has 1 fully saturated rings. The highest BCUT2D eigenvalue weighted by Gasteiger charge is 2.42. The monoisotopic (exact) mass is 168 g/mol. The van der Waals surface area contributed by atoms with E-state index < -0.39 is 0 Å². The summed E-state index contributed by atoms with van der Waals surface area (Å²) in [5.41, 5.74) is 0.0349. The average Bonchev–Trinajstić information content (AvgIpc) is 2.69. The second kappa shape index (κ2) is 3.83. The van der Waals surface area contributed by atoms with Crippen LogP contribution in [0.25, 0.3) is 0 Å². The van der Waals surface area contributed by atoms with Gasteiger partial charge in [0.1, 0.15) is 0 Å². The first kappa shape index (κ1) is 9.43. The van der Waals surface area contributed by atoms with Gasteiger partial charge < -0.3 is 4.74 Å². The molecule has 0 bridgehead atoms. The smallest absolute Gasteiger partial charge is 0.0951 e. The Morgan fingerprint density at radius 1 is 1.50 bits per heavy atom. The molecule has 0 amide bonds. The van der Waals surface area contributed by atoms with Crippen molar-refractivity contribution in [2.24, 2.45) is 9.98 Å². The summed E-state index contributed by atoms with van der Waals surface area (Å²) in [6.07, 6.45) is 2.23. The summed E-state index contributed by atoms with van der Waals surface area (Å²) in [5, 5.41) is 0. The SMILES string of the molecule is COCC1(N=C=NC(C)C)CC1. The quantitative estimate of drug-likeness (QED) is 0.589. The van der Waals surface area contributed by atoms with Gasteiger partial charge in [-0.2, -0.15) is 0 Å². The molecule has 0 aromatic carbocycles. The number of hydrogen-bond donors (Lipinski definition) is 0. The van der Waals surface area contributed by atoms with E-state index in [1.54, 1.807) is 7.11 Å². The zero-order valence-electron chi connectivity index (χ0n) is 8.00. The van der Waals surface area contributed by atoms with E-state index in [9.17, 15) is 0 Å². The Hall–Kier alpha value is -0.660. The van der Waals surface area contributed by atoms with E-state index in [-0.39, 0.29) is 11.6 Å². The maximum absolute atomic E-state index is 5.05. The lowest BCUT2D eigenvalue weighted by molar-refractivity contribution is 0.174. The Morgan fingerprint density at radius 3 is 2.58 bits per heavy atom. The molecule has 12 heavy (non-hydrogen) atoms. The first-order chi connectivity index (χ1) is 5.68. The van der Waals surface area contributed by atoms with Gasteiger partial charge in [-0.05, 0) is 26.7 Å². The fourth-order valence-corrected chi connectivity index (χ4v) is 0.952. The molecule has 0 aromatic rings. The van der Waals surface area contributed by atoms with Gasteiger partial charge in [0.15, 0.2) is 0 Å². The first-order valence-electron chi connectivity index (χ1n) is 4.34. The van der Waals surface area contributed by atoms with Crippen molar-refractivity contribution in [3.05, 3.63) is 0 Å². The summed E-state index contributed by atoms with van der Waals surface area (Å²) >= 11 is 0. The van der Waals surface area contributed by atoms with Gasteiger partial charge in [0.05, 0.1) is 24.2 Å². The molecule has 3 heteroatoms. The number of nitrogens with zero attached hydrogens (tertiary/aromatic N) is 2. The zero-order valence-corrected chi connectivity index (χ0v) is 8.00. The molecule has 1 aliphatic carbocycles. The maximum atomic E-state index is 5.05. The minimum absolute atomic E-state index is 0.0349. The number of hydrogen-bond acceptors (Lipinski definition) is 3. The molecule has 0 saturated heterocycles. The molecule has 0 unspecified atom stereocenters. The van der Waals surface area contributed by atoms with Crippen LogP contribution in [0, 0.1) is 0 Å². The lowest BCUT2D eigenvalue weighted by atomic mass is 10.3. The van der Waals surface area contributed by atoms with Crippen LogP contribution in [-0.4, -0.2) is 31.3 Å². The molecule has 0 N–H and O–H groups in total. The van der Waals surface area contributed by atoms with Gasteiger partial charge >= 0.3 is 0 Å². The molecule has 0 heterocycles. The predicted molar refractivity (Wildman–Crippen MR) is 48.8 cm³/mol. The minimum atomic E-state index is 0.0349. The summed E-state index contributed by atoms with van der Waals surface area (Å²) in [6, 6.07) is 3.03. The lowest BCUT2D eigenvalue weighted by Gasteiger charge is -2.03. The van der Waals surface area contributed by atoms with Gasteiger partial charge in [-0.3, -0.25) is 0 Å². The molecule has 0 aliphatic heterocycles. The first-order valence-corrected chi connectivity index (χ1v) is 4.34. The Labute approximate surface area is 73.6 Å². The second-order valence-corrected chi connectivity index (χ2v) is 3.59. The van der Waals surface area contributed by atoms with Crippen molar-refractivity contribution < 1.29 is 4.74 Å². The van der Waals surface area contributed by atoms with Crippen LogP contribution in [0.5, 0.6) is 0 Å². The molecule has 0 atom stereocenters. The number of rotatable bonds is 4. The summed E-state index contributed by atoms with van der Waals surface area (Å²) in [7, 11) is 1.70. The lowest BCUT2D eigenvalue weighted by Crippen LogP contribution is -2.12. The third-order valence-corrected chi connectivity index (χ3v) is 1.84. The number of aliphatic imine (C=N–C) groups is 2. The average molecular weight is 168 g/mol. The van der Waals surface area contributed by atoms with Gasteiger partial charge in [-0.1, -0.05) is 0 Å². The minimum Gasteiger partial charge on any atom is -0.382 e. The van der Waals surface area contributed by atoms with Crippen molar-refractivity contribution >= 4 is 6.01 Å². The van der Waals surface area contributed by atoms with E-state index in [1.165, 1.54) is 0 Å². The Kier molecular flexibility index (Phi) is 3.01. The van der Waals surface area contributed by atoms with E-state index in [2.05, 4.69) is 16.0 Å². The van der Waals surface area contributed by atoms with Crippen molar-refractivity contribution in [3.8, 4) is 0 Å². The fraction of sp³-hybridized carbons (Fsp3) is 0.889. The second-order valence-electron chi connectivity index (χ2n) is 3.59. The zero-order chi connectivity index (χ0) is 9.03. The van der Waals surface area contributed by atoms with E-state index >= 15 is 0 Å². The van der Waals surface area contributed by atoms with Gasteiger partial charge in [0.25, 0.3) is 0 Å². The summed E-state index contributed by atoms with van der Waals surface area (Å²) in [4.78, 5) is 8.32. The third-order valence-electron chi connectivity index (χ3n) is 1.84. The number of ether oxygens (including phenoxy) is 1. The van der Waals surface area contributed by atoms with E-state index in [0.717, 1.165) is 12.8 Å². The molecule has 0 spiro atoms. The highest BCUT2D eigenvalue weighted by atomic mass is 16.5.